The number of aromatic nitrogens is 2. The Labute approximate surface area is 124 Å². The van der Waals surface area contributed by atoms with Crippen LogP contribution >= 0.6 is 0 Å². The monoisotopic (exact) mass is 279 g/mol. The molecule has 1 heterocycles. The molecule has 0 fully saturated rings. The summed E-state index contributed by atoms with van der Waals surface area (Å²) in [5, 5.41) is 4.88. The molecule has 0 amide bonds. The van der Waals surface area contributed by atoms with E-state index < -0.39 is 0 Å². The molecular formula is C17H33N3. The summed E-state index contributed by atoms with van der Waals surface area (Å²) in [6, 6.07) is 0.261. The standard InChI is InChI=1S/C17H33N3/c1-6-13(7-2)12-20-17(10-5)15(11-14(18)8-3)16(9-4)19-20/h13-14H,6-12,18H2,1-5H3. The normalized spacial score (nSPS) is 13.2. The summed E-state index contributed by atoms with van der Waals surface area (Å²) in [5.41, 5.74) is 10.3. The summed E-state index contributed by atoms with van der Waals surface area (Å²) >= 11 is 0. The fourth-order valence-corrected chi connectivity index (χ4v) is 2.85. The first-order chi connectivity index (χ1) is 9.60. The van der Waals surface area contributed by atoms with Crippen LogP contribution in [0.2, 0.25) is 0 Å². The van der Waals surface area contributed by atoms with Gasteiger partial charge in [0, 0.05) is 18.3 Å². The SMILES string of the molecule is CCc1nn(CC(CC)CC)c(CC)c1CC(N)CC. The largest absolute Gasteiger partial charge is 0.327 e. The Balaban J connectivity index is 3.06. The van der Waals surface area contributed by atoms with Gasteiger partial charge in [0.15, 0.2) is 0 Å². The van der Waals surface area contributed by atoms with Crippen LogP contribution in [0.5, 0.6) is 0 Å². The van der Waals surface area contributed by atoms with E-state index in [0.29, 0.717) is 0 Å². The zero-order chi connectivity index (χ0) is 15.1. The van der Waals surface area contributed by atoms with Gasteiger partial charge < -0.3 is 5.73 Å². The molecule has 0 saturated heterocycles. The van der Waals surface area contributed by atoms with Gasteiger partial charge in [-0.05, 0) is 37.2 Å². The summed E-state index contributed by atoms with van der Waals surface area (Å²) < 4.78 is 2.27. The average Bonchev–Trinajstić information content (AvgIpc) is 2.80. The number of hydrogen-bond acceptors (Lipinski definition) is 2. The van der Waals surface area contributed by atoms with Crippen molar-refractivity contribution in [3.63, 3.8) is 0 Å². The summed E-state index contributed by atoms with van der Waals surface area (Å²) in [6.07, 6.45) is 6.53. The molecule has 0 aliphatic carbocycles. The minimum atomic E-state index is 0.261. The van der Waals surface area contributed by atoms with E-state index in [-0.39, 0.29) is 6.04 Å². The van der Waals surface area contributed by atoms with Crippen molar-refractivity contribution in [2.75, 3.05) is 0 Å². The lowest BCUT2D eigenvalue weighted by molar-refractivity contribution is 0.387. The minimum Gasteiger partial charge on any atom is -0.327 e. The zero-order valence-corrected chi connectivity index (χ0v) is 14.1. The first kappa shape index (κ1) is 17.2. The molecule has 0 aliphatic heterocycles. The Bertz CT molecular complexity index is 391. The topological polar surface area (TPSA) is 43.8 Å². The van der Waals surface area contributed by atoms with E-state index in [9.17, 15) is 0 Å². The molecule has 0 bridgehead atoms. The second kappa shape index (κ2) is 8.46. The van der Waals surface area contributed by atoms with E-state index >= 15 is 0 Å². The van der Waals surface area contributed by atoms with Crippen LogP contribution in [-0.4, -0.2) is 15.8 Å². The Morgan fingerprint density at radius 3 is 2.10 bits per heavy atom. The van der Waals surface area contributed by atoms with Gasteiger partial charge in [-0.3, -0.25) is 4.68 Å². The van der Waals surface area contributed by atoms with Crippen molar-refractivity contribution in [3.05, 3.63) is 17.0 Å². The highest BCUT2D eigenvalue weighted by atomic mass is 15.3. The Morgan fingerprint density at radius 2 is 1.65 bits per heavy atom. The van der Waals surface area contributed by atoms with E-state index in [1.165, 1.54) is 29.8 Å². The smallest absolute Gasteiger partial charge is 0.0657 e. The van der Waals surface area contributed by atoms with Crippen molar-refractivity contribution in [3.8, 4) is 0 Å². The molecule has 0 aliphatic rings. The van der Waals surface area contributed by atoms with Crippen LogP contribution in [0.3, 0.4) is 0 Å². The molecule has 0 radical (unpaired) electrons. The molecular weight excluding hydrogens is 246 g/mol. The molecule has 1 aromatic rings. The third kappa shape index (κ3) is 4.08. The van der Waals surface area contributed by atoms with Gasteiger partial charge in [0.2, 0.25) is 0 Å². The van der Waals surface area contributed by atoms with E-state index in [0.717, 1.165) is 38.1 Å². The quantitative estimate of drug-likeness (QED) is 0.748. The van der Waals surface area contributed by atoms with Crippen LogP contribution in [0, 0.1) is 5.92 Å². The van der Waals surface area contributed by atoms with Gasteiger partial charge in [0.1, 0.15) is 0 Å². The van der Waals surface area contributed by atoms with Crippen LogP contribution in [-0.2, 0) is 25.8 Å². The lowest BCUT2D eigenvalue weighted by atomic mass is 9.99. The van der Waals surface area contributed by atoms with Gasteiger partial charge in [-0.25, -0.2) is 0 Å². The van der Waals surface area contributed by atoms with Crippen molar-refractivity contribution in [1.82, 2.24) is 9.78 Å². The van der Waals surface area contributed by atoms with Gasteiger partial charge in [-0.1, -0.05) is 47.5 Å². The highest BCUT2D eigenvalue weighted by molar-refractivity contribution is 5.28. The van der Waals surface area contributed by atoms with Gasteiger partial charge in [-0.15, -0.1) is 0 Å². The second-order valence-corrected chi connectivity index (χ2v) is 5.82. The third-order valence-electron chi connectivity index (χ3n) is 4.50. The maximum Gasteiger partial charge on any atom is 0.0657 e. The summed E-state index contributed by atoms with van der Waals surface area (Å²) in [4.78, 5) is 0. The predicted octanol–water partition coefficient (Wildman–Crippen LogP) is 3.72. The first-order valence-corrected chi connectivity index (χ1v) is 8.43. The van der Waals surface area contributed by atoms with Crippen LogP contribution in [0.4, 0.5) is 0 Å². The molecule has 1 unspecified atom stereocenters. The molecule has 1 aromatic heterocycles. The molecule has 116 valence electrons. The van der Waals surface area contributed by atoms with Crippen LogP contribution < -0.4 is 5.73 Å². The van der Waals surface area contributed by atoms with Gasteiger partial charge in [-0.2, -0.15) is 5.10 Å². The van der Waals surface area contributed by atoms with E-state index in [1.54, 1.807) is 0 Å². The van der Waals surface area contributed by atoms with E-state index in [2.05, 4.69) is 39.3 Å². The molecule has 3 heteroatoms. The molecule has 1 rings (SSSR count). The number of rotatable bonds is 9. The average molecular weight is 279 g/mol. The maximum absolute atomic E-state index is 6.18. The Kier molecular flexibility index (Phi) is 7.28. The number of nitrogens with zero attached hydrogens (tertiary/aromatic N) is 2. The highest BCUT2D eigenvalue weighted by Gasteiger charge is 2.18. The second-order valence-electron chi connectivity index (χ2n) is 5.82. The van der Waals surface area contributed by atoms with Crippen molar-refractivity contribution in [2.45, 2.75) is 85.7 Å². The summed E-state index contributed by atoms with van der Waals surface area (Å²) in [7, 11) is 0. The third-order valence-corrected chi connectivity index (χ3v) is 4.50. The number of hydrogen-bond donors (Lipinski definition) is 1. The molecule has 0 spiro atoms. The molecule has 2 N–H and O–H groups in total. The zero-order valence-electron chi connectivity index (χ0n) is 14.1. The van der Waals surface area contributed by atoms with Crippen molar-refractivity contribution < 1.29 is 0 Å². The van der Waals surface area contributed by atoms with Crippen molar-refractivity contribution in [2.24, 2.45) is 11.7 Å². The molecule has 1 atom stereocenters. The van der Waals surface area contributed by atoms with E-state index in [4.69, 9.17) is 10.8 Å². The molecule has 20 heavy (non-hydrogen) atoms. The minimum absolute atomic E-state index is 0.261. The fraction of sp³-hybridized carbons (Fsp3) is 0.824. The lowest BCUT2D eigenvalue weighted by Crippen LogP contribution is -2.22. The number of nitrogens with two attached hydrogens (primary N) is 1. The molecule has 0 aromatic carbocycles. The van der Waals surface area contributed by atoms with E-state index in [1.807, 2.05) is 0 Å². The van der Waals surface area contributed by atoms with Crippen molar-refractivity contribution >= 4 is 0 Å². The lowest BCUT2D eigenvalue weighted by Gasteiger charge is -2.15. The van der Waals surface area contributed by atoms with Gasteiger partial charge in [0.05, 0.1) is 5.69 Å². The molecule has 3 nitrogen and oxygen atoms in total. The number of aryl methyl sites for hydroxylation is 1. The molecule has 0 saturated carbocycles. The maximum atomic E-state index is 6.18. The first-order valence-electron chi connectivity index (χ1n) is 8.43. The highest BCUT2D eigenvalue weighted by Crippen LogP contribution is 2.21. The Morgan fingerprint density at radius 1 is 1.00 bits per heavy atom. The van der Waals surface area contributed by atoms with Crippen LogP contribution in [0.15, 0.2) is 0 Å². The Hall–Kier alpha value is -0.830. The predicted molar refractivity (Wildman–Crippen MR) is 87.0 cm³/mol. The van der Waals surface area contributed by atoms with Crippen molar-refractivity contribution in [1.29, 1.82) is 0 Å². The van der Waals surface area contributed by atoms with Gasteiger partial charge >= 0.3 is 0 Å². The van der Waals surface area contributed by atoms with Crippen LogP contribution in [0.25, 0.3) is 0 Å². The van der Waals surface area contributed by atoms with Gasteiger partial charge in [0.25, 0.3) is 0 Å². The summed E-state index contributed by atoms with van der Waals surface area (Å²) in [6.45, 7) is 12.2. The van der Waals surface area contributed by atoms with Crippen LogP contribution in [0.1, 0.15) is 70.8 Å². The summed E-state index contributed by atoms with van der Waals surface area (Å²) in [5.74, 6) is 0.734. The fourth-order valence-electron chi connectivity index (χ4n) is 2.85.